The zero-order valence-electron chi connectivity index (χ0n) is 11.4. The maximum Gasteiger partial charge on any atom is 0.246 e. The molecule has 110 valence electrons. The van der Waals surface area contributed by atoms with E-state index in [2.05, 4.69) is 5.32 Å². The first-order valence-electron chi connectivity index (χ1n) is 7.03. The first-order chi connectivity index (χ1) is 9.24. The molecule has 6 nitrogen and oxygen atoms in total. The number of nitrogens with two attached hydrogens (primary N) is 1. The van der Waals surface area contributed by atoms with Gasteiger partial charge in [-0.25, -0.2) is 0 Å². The summed E-state index contributed by atoms with van der Waals surface area (Å²) in [5.74, 6) is -0.0637. The number of carbonyl (C=O) groups excluding carboxylic acids is 1. The van der Waals surface area contributed by atoms with Crippen LogP contribution in [0, 0.1) is 0 Å². The highest BCUT2D eigenvalue weighted by Crippen LogP contribution is 2.23. The Morgan fingerprint density at radius 3 is 2.47 bits per heavy atom. The van der Waals surface area contributed by atoms with Crippen LogP contribution in [0.2, 0.25) is 0 Å². The van der Waals surface area contributed by atoms with Crippen molar-refractivity contribution < 1.29 is 19.0 Å². The van der Waals surface area contributed by atoms with Gasteiger partial charge in [0.25, 0.3) is 0 Å². The molecule has 2 heterocycles. The Hall–Kier alpha value is -0.690. The van der Waals surface area contributed by atoms with E-state index in [0.29, 0.717) is 19.8 Å². The van der Waals surface area contributed by atoms with Gasteiger partial charge in [-0.15, -0.1) is 0 Å². The summed E-state index contributed by atoms with van der Waals surface area (Å²) in [5.41, 5.74) is 5.40. The van der Waals surface area contributed by atoms with Crippen LogP contribution in [0.4, 0.5) is 0 Å². The first kappa shape index (κ1) is 14.7. The van der Waals surface area contributed by atoms with Crippen molar-refractivity contribution in [3.63, 3.8) is 0 Å². The maximum absolute atomic E-state index is 11.9. The predicted molar refractivity (Wildman–Crippen MR) is 69.8 cm³/mol. The molecule has 0 aromatic carbocycles. The lowest BCUT2D eigenvalue weighted by atomic mass is 9.94. The van der Waals surface area contributed by atoms with Gasteiger partial charge in [0.15, 0.2) is 0 Å². The second-order valence-corrected chi connectivity index (χ2v) is 5.24. The highest BCUT2D eigenvalue weighted by molar-refractivity contribution is 5.77. The molecule has 0 aliphatic carbocycles. The van der Waals surface area contributed by atoms with Crippen LogP contribution in [0.25, 0.3) is 0 Å². The van der Waals surface area contributed by atoms with E-state index in [1.165, 1.54) is 0 Å². The van der Waals surface area contributed by atoms with E-state index in [1.807, 2.05) is 0 Å². The number of rotatable bonds is 5. The fraction of sp³-hybridized carbons (Fsp3) is 0.923. The molecule has 0 spiro atoms. The van der Waals surface area contributed by atoms with Crippen LogP contribution in [0.3, 0.4) is 0 Å². The molecule has 0 atom stereocenters. The van der Waals surface area contributed by atoms with Crippen LogP contribution in [0.1, 0.15) is 25.7 Å². The zero-order chi connectivity index (χ0) is 13.6. The lowest BCUT2D eigenvalue weighted by Gasteiger charge is -2.36. The fourth-order valence-electron chi connectivity index (χ4n) is 2.48. The molecule has 0 unspecified atom stereocenters. The molecule has 2 fully saturated rings. The van der Waals surface area contributed by atoms with E-state index >= 15 is 0 Å². The van der Waals surface area contributed by atoms with Crippen molar-refractivity contribution in [3.8, 4) is 0 Å². The molecule has 19 heavy (non-hydrogen) atoms. The van der Waals surface area contributed by atoms with Gasteiger partial charge in [0.05, 0.1) is 5.60 Å². The van der Waals surface area contributed by atoms with E-state index in [4.69, 9.17) is 19.9 Å². The molecule has 2 saturated heterocycles. The van der Waals surface area contributed by atoms with Gasteiger partial charge in [-0.3, -0.25) is 4.79 Å². The number of hydrogen-bond acceptors (Lipinski definition) is 5. The molecule has 0 aromatic heterocycles. The molecule has 3 N–H and O–H groups in total. The Bertz CT molecular complexity index is 286. The summed E-state index contributed by atoms with van der Waals surface area (Å²) in [6, 6.07) is 0.216. The lowest BCUT2D eigenvalue weighted by molar-refractivity contribution is -0.142. The van der Waals surface area contributed by atoms with Crippen LogP contribution in [-0.2, 0) is 19.0 Å². The Morgan fingerprint density at radius 2 is 1.84 bits per heavy atom. The Kier molecular flexibility index (Phi) is 5.57. The number of hydrogen-bond donors (Lipinski definition) is 2. The molecule has 2 rings (SSSR count). The monoisotopic (exact) mass is 272 g/mol. The van der Waals surface area contributed by atoms with Gasteiger partial charge in [-0.1, -0.05) is 0 Å². The third-order valence-electron chi connectivity index (χ3n) is 3.87. The normalized spacial score (nSPS) is 24.1. The smallest absolute Gasteiger partial charge is 0.246 e. The number of amides is 1. The van der Waals surface area contributed by atoms with Crippen LogP contribution in [0.5, 0.6) is 0 Å². The molecule has 0 bridgehead atoms. The quantitative estimate of drug-likeness (QED) is 0.724. The summed E-state index contributed by atoms with van der Waals surface area (Å²) in [4.78, 5) is 11.9. The van der Waals surface area contributed by atoms with Crippen molar-refractivity contribution in [2.24, 2.45) is 5.73 Å². The summed E-state index contributed by atoms with van der Waals surface area (Å²) in [6.45, 7) is 3.25. The van der Waals surface area contributed by atoms with Crippen LogP contribution >= 0.6 is 0 Å². The fourth-order valence-corrected chi connectivity index (χ4v) is 2.48. The summed E-state index contributed by atoms with van der Waals surface area (Å²) in [6.07, 6.45) is 3.27. The lowest BCUT2D eigenvalue weighted by Crippen LogP contribution is -2.48. The topological polar surface area (TPSA) is 82.8 Å². The average molecular weight is 272 g/mol. The van der Waals surface area contributed by atoms with E-state index in [9.17, 15) is 4.79 Å². The van der Waals surface area contributed by atoms with E-state index in [1.54, 1.807) is 0 Å². The third kappa shape index (κ3) is 4.42. The van der Waals surface area contributed by atoms with Crippen molar-refractivity contribution in [3.05, 3.63) is 0 Å². The summed E-state index contributed by atoms with van der Waals surface area (Å²) in [5, 5.41) is 2.98. The molecule has 1 amide bonds. The zero-order valence-corrected chi connectivity index (χ0v) is 11.4. The Balaban J connectivity index is 1.72. The highest BCUT2D eigenvalue weighted by atomic mass is 16.5. The van der Waals surface area contributed by atoms with E-state index in [0.717, 1.165) is 38.9 Å². The minimum absolute atomic E-state index is 0.0637. The highest BCUT2D eigenvalue weighted by Gasteiger charge is 2.33. The standard InChI is InChI=1S/C13H24N2O4/c14-10-13(3-7-18-8-4-13)19-9-12(16)15-11-1-5-17-6-2-11/h11H,1-10,14H2,(H,15,16). The maximum atomic E-state index is 11.9. The molecule has 0 aromatic rings. The van der Waals surface area contributed by atoms with Crippen LogP contribution in [0.15, 0.2) is 0 Å². The first-order valence-corrected chi connectivity index (χ1v) is 7.03. The number of ether oxygens (including phenoxy) is 3. The number of carbonyl (C=O) groups is 1. The predicted octanol–water partition coefficient (Wildman–Crippen LogP) is -0.194. The minimum atomic E-state index is -0.384. The van der Waals surface area contributed by atoms with Gasteiger partial charge in [0.2, 0.25) is 5.91 Å². The Labute approximate surface area is 113 Å². The molecular formula is C13H24N2O4. The van der Waals surface area contributed by atoms with E-state index in [-0.39, 0.29) is 24.2 Å². The molecule has 0 radical (unpaired) electrons. The Morgan fingerprint density at radius 1 is 1.21 bits per heavy atom. The van der Waals surface area contributed by atoms with Crippen molar-refractivity contribution in [2.75, 3.05) is 39.6 Å². The summed E-state index contributed by atoms with van der Waals surface area (Å²) < 4.78 is 16.3. The SMILES string of the molecule is NCC1(OCC(=O)NC2CCOCC2)CCOCC1. The van der Waals surface area contributed by atoms with Crippen molar-refractivity contribution >= 4 is 5.91 Å². The third-order valence-corrected chi connectivity index (χ3v) is 3.87. The van der Waals surface area contributed by atoms with Crippen molar-refractivity contribution in [1.29, 1.82) is 0 Å². The van der Waals surface area contributed by atoms with E-state index < -0.39 is 0 Å². The van der Waals surface area contributed by atoms with Crippen LogP contribution in [-0.4, -0.2) is 57.1 Å². The largest absolute Gasteiger partial charge is 0.381 e. The second-order valence-electron chi connectivity index (χ2n) is 5.24. The second kappa shape index (κ2) is 7.19. The average Bonchev–Trinajstić information content (AvgIpc) is 2.47. The van der Waals surface area contributed by atoms with Gasteiger partial charge in [-0.05, 0) is 12.8 Å². The van der Waals surface area contributed by atoms with Gasteiger partial charge < -0.3 is 25.3 Å². The summed E-state index contributed by atoms with van der Waals surface area (Å²) in [7, 11) is 0. The molecule has 0 saturated carbocycles. The van der Waals surface area contributed by atoms with Gasteiger partial charge in [0.1, 0.15) is 6.61 Å². The van der Waals surface area contributed by atoms with Gasteiger partial charge in [0, 0.05) is 51.9 Å². The van der Waals surface area contributed by atoms with Crippen molar-refractivity contribution in [1.82, 2.24) is 5.32 Å². The molecule has 2 aliphatic rings. The molecule has 2 aliphatic heterocycles. The van der Waals surface area contributed by atoms with Crippen LogP contribution < -0.4 is 11.1 Å². The molecular weight excluding hydrogens is 248 g/mol. The van der Waals surface area contributed by atoms with Gasteiger partial charge in [-0.2, -0.15) is 0 Å². The van der Waals surface area contributed by atoms with Gasteiger partial charge >= 0.3 is 0 Å². The molecule has 6 heteroatoms. The van der Waals surface area contributed by atoms with Crippen molar-refractivity contribution in [2.45, 2.75) is 37.3 Å². The number of nitrogens with one attached hydrogen (secondary N) is 1. The summed E-state index contributed by atoms with van der Waals surface area (Å²) >= 11 is 0. The minimum Gasteiger partial charge on any atom is -0.381 e.